The first-order valence-corrected chi connectivity index (χ1v) is 5.55. The molecule has 0 amide bonds. The van der Waals surface area contributed by atoms with Crippen LogP contribution in [0.5, 0.6) is 5.75 Å². The zero-order valence-electron chi connectivity index (χ0n) is 9.41. The molecule has 4 heteroatoms. The second-order valence-electron chi connectivity index (χ2n) is 4.33. The number of phenolic OH excluding ortho intramolecular Hbond substituents is 1. The second kappa shape index (κ2) is 4.80. The Morgan fingerprint density at radius 1 is 1.56 bits per heavy atom. The first kappa shape index (κ1) is 11.4. The van der Waals surface area contributed by atoms with Gasteiger partial charge in [-0.05, 0) is 38.2 Å². The quantitative estimate of drug-likeness (QED) is 0.813. The van der Waals surface area contributed by atoms with Crippen LogP contribution in [0.4, 0.5) is 4.39 Å². The summed E-state index contributed by atoms with van der Waals surface area (Å²) in [5, 5.41) is 12.9. The molecule has 1 heterocycles. The van der Waals surface area contributed by atoms with Gasteiger partial charge in [0.15, 0.2) is 0 Å². The minimum absolute atomic E-state index is 0.166. The van der Waals surface area contributed by atoms with E-state index in [0.717, 1.165) is 19.5 Å². The van der Waals surface area contributed by atoms with Gasteiger partial charge in [-0.2, -0.15) is 0 Å². The summed E-state index contributed by atoms with van der Waals surface area (Å²) in [4.78, 5) is 2.15. The number of phenols is 1. The molecule has 1 unspecified atom stereocenters. The van der Waals surface area contributed by atoms with Crippen molar-refractivity contribution in [2.75, 3.05) is 20.1 Å². The number of hydrogen-bond acceptors (Lipinski definition) is 3. The monoisotopic (exact) mass is 224 g/mol. The summed E-state index contributed by atoms with van der Waals surface area (Å²) in [5.74, 6) is -0.134. The second-order valence-corrected chi connectivity index (χ2v) is 4.33. The summed E-state index contributed by atoms with van der Waals surface area (Å²) in [6, 6.07) is 4.55. The molecule has 1 aliphatic heterocycles. The molecule has 1 aliphatic rings. The van der Waals surface area contributed by atoms with Gasteiger partial charge in [0.2, 0.25) is 0 Å². The first-order valence-electron chi connectivity index (χ1n) is 5.55. The van der Waals surface area contributed by atoms with Gasteiger partial charge < -0.3 is 10.4 Å². The van der Waals surface area contributed by atoms with Crippen LogP contribution < -0.4 is 5.32 Å². The van der Waals surface area contributed by atoms with Crippen molar-refractivity contribution in [2.45, 2.75) is 19.0 Å². The molecule has 0 aromatic heterocycles. The Balaban J connectivity index is 2.04. The fourth-order valence-electron chi connectivity index (χ4n) is 2.09. The molecule has 0 radical (unpaired) electrons. The number of halogens is 1. The SMILES string of the molecule is CN(Cc1cc(F)ccc1O)C1CCNC1. The predicted octanol–water partition coefficient (Wildman–Crippen LogP) is 1.32. The molecule has 1 atom stereocenters. The van der Waals surface area contributed by atoms with Gasteiger partial charge in [-0.25, -0.2) is 4.39 Å². The topological polar surface area (TPSA) is 35.5 Å². The molecule has 1 aromatic rings. The smallest absolute Gasteiger partial charge is 0.123 e. The van der Waals surface area contributed by atoms with Crippen molar-refractivity contribution in [2.24, 2.45) is 0 Å². The lowest BCUT2D eigenvalue weighted by Crippen LogP contribution is -2.32. The maximum absolute atomic E-state index is 13.0. The Morgan fingerprint density at radius 3 is 3.06 bits per heavy atom. The van der Waals surface area contributed by atoms with E-state index in [0.29, 0.717) is 18.2 Å². The van der Waals surface area contributed by atoms with Crippen LogP contribution in [-0.2, 0) is 6.54 Å². The molecular weight excluding hydrogens is 207 g/mol. The number of likely N-dealkylation sites (N-methyl/N-ethyl adjacent to an activating group) is 1. The van der Waals surface area contributed by atoms with Crippen LogP contribution in [0.2, 0.25) is 0 Å². The number of nitrogens with zero attached hydrogens (tertiary/aromatic N) is 1. The molecule has 2 rings (SSSR count). The molecule has 88 valence electrons. The van der Waals surface area contributed by atoms with E-state index in [-0.39, 0.29) is 11.6 Å². The van der Waals surface area contributed by atoms with Crippen molar-refractivity contribution in [3.05, 3.63) is 29.6 Å². The van der Waals surface area contributed by atoms with Crippen molar-refractivity contribution < 1.29 is 9.50 Å². The number of nitrogens with one attached hydrogen (secondary N) is 1. The van der Waals surface area contributed by atoms with E-state index in [1.165, 1.54) is 18.2 Å². The molecule has 0 aliphatic carbocycles. The highest BCUT2D eigenvalue weighted by Gasteiger charge is 2.19. The number of hydrogen-bond donors (Lipinski definition) is 2. The van der Waals surface area contributed by atoms with Crippen LogP contribution in [0.3, 0.4) is 0 Å². The van der Waals surface area contributed by atoms with E-state index in [1.54, 1.807) is 0 Å². The molecule has 1 saturated heterocycles. The molecule has 0 saturated carbocycles. The number of aromatic hydroxyl groups is 1. The highest BCUT2D eigenvalue weighted by atomic mass is 19.1. The number of rotatable bonds is 3. The summed E-state index contributed by atoms with van der Waals surface area (Å²) >= 11 is 0. The van der Waals surface area contributed by atoms with Crippen molar-refractivity contribution in [1.82, 2.24) is 10.2 Å². The summed E-state index contributed by atoms with van der Waals surface area (Å²) in [7, 11) is 2.00. The van der Waals surface area contributed by atoms with Gasteiger partial charge in [-0.1, -0.05) is 0 Å². The van der Waals surface area contributed by atoms with Gasteiger partial charge >= 0.3 is 0 Å². The van der Waals surface area contributed by atoms with Crippen molar-refractivity contribution in [3.8, 4) is 5.75 Å². The van der Waals surface area contributed by atoms with E-state index in [2.05, 4.69) is 10.2 Å². The predicted molar refractivity (Wildman–Crippen MR) is 60.8 cm³/mol. The molecule has 0 bridgehead atoms. The highest BCUT2D eigenvalue weighted by molar-refractivity contribution is 5.32. The van der Waals surface area contributed by atoms with Gasteiger partial charge in [-0.3, -0.25) is 4.90 Å². The average Bonchev–Trinajstić information content (AvgIpc) is 2.76. The van der Waals surface area contributed by atoms with Crippen molar-refractivity contribution in [3.63, 3.8) is 0 Å². The molecule has 1 fully saturated rings. The third-order valence-electron chi connectivity index (χ3n) is 3.12. The fourth-order valence-corrected chi connectivity index (χ4v) is 2.09. The Bertz CT molecular complexity index is 364. The van der Waals surface area contributed by atoms with E-state index in [9.17, 15) is 9.50 Å². The Labute approximate surface area is 94.9 Å². The summed E-state index contributed by atoms with van der Waals surface area (Å²) in [5.41, 5.74) is 0.648. The van der Waals surface area contributed by atoms with Crippen LogP contribution in [0.15, 0.2) is 18.2 Å². The van der Waals surface area contributed by atoms with Crippen LogP contribution in [0, 0.1) is 5.82 Å². The first-order chi connectivity index (χ1) is 7.66. The van der Waals surface area contributed by atoms with Gasteiger partial charge in [0.05, 0.1) is 0 Å². The largest absolute Gasteiger partial charge is 0.508 e. The Kier molecular flexibility index (Phi) is 3.41. The lowest BCUT2D eigenvalue weighted by molar-refractivity contribution is 0.245. The highest BCUT2D eigenvalue weighted by Crippen LogP contribution is 2.20. The summed E-state index contributed by atoms with van der Waals surface area (Å²) < 4.78 is 13.0. The third-order valence-corrected chi connectivity index (χ3v) is 3.12. The van der Waals surface area contributed by atoms with Crippen LogP contribution in [0.25, 0.3) is 0 Å². The van der Waals surface area contributed by atoms with Gasteiger partial charge in [-0.15, -0.1) is 0 Å². The van der Waals surface area contributed by atoms with Gasteiger partial charge in [0, 0.05) is 24.7 Å². The molecular formula is C12H17FN2O. The molecule has 1 aromatic carbocycles. The fraction of sp³-hybridized carbons (Fsp3) is 0.500. The summed E-state index contributed by atoms with van der Waals surface area (Å²) in [6.45, 7) is 2.58. The van der Waals surface area contributed by atoms with E-state index in [4.69, 9.17) is 0 Å². The van der Waals surface area contributed by atoms with Crippen LogP contribution in [0.1, 0.15) is 12.0 Å². The van der Waals surface area contributed by atoms with Crippen LogP contribution >= 0.6 is 0 Å². The molecule has 0 spiro atoms. The minimum atomic E-state index is -0.300. The van der Waals surface area contributed by atoms with Crippen molar-refractivity contribution in [1.29, 1.82) is 0 Å². The Morgan fingerprint density at radius 2 is 2.38 bits per heavy atom. The number of benzene rings is 1. The lowest BCUT2D eigenvalue weighted by Gasteiger charge is -2.23. The van der Waals surface area contributed by atoms with Gasteiger partial charge in [0.1, 0.15) is 11.6 Å². The minimum Gasteiger partial charge on any atom is -0.508 e. The summed E-state index contributed by atoms with van der Waals surface area (Å²) in [6.07, 6.45) is 1.10. The average molecular weight is 224 g/mol. The van der Waals surface area contributed by atoms with Gasteiger partial charge in [0.25, 0.3) is 0 Å². The normalized spacial score (nSPS) is 20.6. The lowest BCUT2D eigenvalue weighted by atomic mass is 10.1. The van der Waals surface area contributed by atoms with E-state index >= 15 is 0 Å². The van der Waals surface area contributed by atoms with E-state index in [1.807, 2.05) is 7.05 Å². The standard InChI is InChI=1S/C12H17FN2O/c1-15(11-4-5-14-7-11)8-9-6-10(13)2-3-12(9)16/h2-3,6,11,14,16H,4-5,7-8H2,1H3. The molecule has 2 N–H and O–H groups in total. The maximum atomic E-state index is 13.0. The third kappa shape index (κ3) is 2.51. The van der Waals surface area contributed by atoms with E-state index < -0.39 is 0 Å². The van der Waals surface area contributed by atoms with Crippen LogP contribution in [-0.4, -0.2) is 36.2 Å². The molecule has 16 heavy (non-hydrogen) atoms. The molecule has 3 nitrogen and oxygen atoms in total. The Hall–Kier alpha value is -1.13. The van der Waals surface area contributed by atoms with Crippen molar-refractivity contribution >= 4 is 0 Å². The maximum Gasteiger partial charge on any atom is 0.123 e. The zero-order valence-corrected chi connectivity index (χ0v) is 9.41. The zero-order chi connectivity index (χ0) is 11.5.